The van der Waals surface area contributed by atoms with Crippen molar-refractivity contribution in [1.29, 1.82) is 0 Å². The van der Waals surface area contributed by atoms with Crippen molar-refractivity contribution in [2.45, 2.75) is 32.6 Å². The molecule has 0 aliphatic heterocycles. The van der Waals surface area contributed by atoms with Crippen LogP contribution >= 0.6 is 15.9 Å². The molecule has 0 saturated heterocycles. The van der Waals surface area contributed by atoms with Crippen LogP contribution in [0.2, 0.25) is 0 Å². The monoisotopic (exact) mass is 314 g/mol. The molecule has 0 radical (unpaired) electrons. The van der Waals surface area contributed by atoms with E-state index in [1.807, 2.05) is 0 Å². The van der Waals surface area contributed by atoms with Gasteiger partial charge in [0.1, 0.15) is 5.75 Å². The molecule has 0 spiro atoms. The zero-order chi connectivity index (χ0) is 13.4. The number of rotatable bonds is 7. The van der Waals surface area contributed by atoms with Gasteiger partial charge in [-0.15, -0.1) is 0 Å². The number of methoxy groups -OCH3 is 1. The predicted octanol–water partition coefficient (Wildman–Crippen LogP) is 4.19. The first-order valence-electron chi connectivity index (χ1n) is 6.19. The van der Waals surface area contributed by atoms with Gasteiger partial charge in [-0.05, 0) is 40.5 Å². The normalized spacial score (nSPS) is 10.2. The lowest BCUT2D eigenvalue weighted by Crippen LogP contribution is -2.06. The van der Waals surface area contributed by atoms with E-state index in [1.54, 1.807) is 25.3 Å². The number of esters is 1. The molecule has 0 amide bonds. The number of ether oxygens (including phenoxy) is 2. The number of unbranched alkanes of at least 4 members (excludes halogenated alkanes) is 3. The molecule has 18 heavy (non-hydrogen) atoms. The highest BCUT2D eigenvalue weighted by atomic mass is 79.9. The summed E-state index contributed by atoms with van der Waals surface area (Å²) in [5.74, 6) is 0.421. The highest BCUT2D eigenvalue weighted by molar-refractivity contribution is 9.10. The number of benzene rings is 1. The molecule has 0 heterocycles. The standard InChI is InChI=1S/C14H19BrO3/c1-3-4-5-6-9-18-14(16)11-7-8-13(17-2)12(15)10-11/h7-8,10H,3-6,9H2,1-2H3. The third kappa shape index (κ3) is 4.69. The summed E-state index contributed by atoms with van der Waals surface area (Å²) in [6.07, 6.45) is 4.40. The van der Waals surface area contributed by atoms with E-state index in [4.69, 9.17) is 9.47 Å². The van der Waals surface area contributed by atoms with Gasteiger partial charge in [0.25, 0.3) is 0 Å². The maximum absolute atomic E-state index is 11.7. The van der Waals surface area contributed by atoms with Crippen LogP contribution in [0.4, 0.5) is 0 Å². The smallest absolute Gasteiger partial charge is 0.338 e. The first kappa shape index (κ1) is 15.0. The van der Waals surface area contributed by atoms with Gasteiger partial charge in [0.15, 0.2) is 0 Å². The lowest BCUT2D eigenvalue weighted by Gasteiger charge is -2.07. The highest BCUT2D eigenvalue weighted by Gasteiger charge is 2.09. The number of halogens is 1. The average Bonchev–Trinajstić information content (AvgIpc) is 2.38. The summed E-state index contributed by atoms with van der Waals surface area (Å²) in [5, 5.41) is 0. The molecular weight excluding hydrogens is 296 g/mol. The fourth-order valence-corrected chi connectivity index (χ4v) is 2.11. The fourth-order valence-electron chi connectivity index (χ4n) is 1.57. The van der Waals surface area contributed by atoms with Crippen LogP contribution in [-0.2, 0) is 4.74 Å². The van der Waals surface area contributed by atoms with Crippen LogP contribution < -0.4 is 4.74 Å². The molecule has 0 aliphatic rings. The van der Waals surface area contributed by atoms with Crippen molar-refractivity contribution in [2.75, 3.05) is 13.7 Å². The summed E-state index contributed by atoms with van der Waals surface area (Å²) in [6.45, 7) is 2.64. The van der Waals surface area contributed by atoms with Gasteiger partial charge in [-0.3, -0.25) is 0 Å². The van der Waals surface area contributed by atoms with Gasteiger partial charge in [0.05, 0.1) is 23.8 Å². The van der Waals surface area contributed by atoms with E-state index in [-0.39, 0.29) is 5.97 Å². The van der Waals surface area contributed by atoms with Crippen molar-refractivity contribution in [3.05, 3.63) is 28.2 Å². The van der Waals surface area contributed by atoms with Crippen LogP contribution in [0.1, 0.15) is 43.0 Å². The summed E-state index contributed by atoms with van der Waals surface area (Å²) in [5.41, 5.74) is 0.540. The molecular formula is C14H19BrO3. The van der Waals surface area contributed by atoms with E-state index in [0.717, 1.165) is 17.3 Å². The van der Waals surface area contributed by atoms with Gasteiger partial charge in [0.2, 0.25) is 0 Å². The van der Waals surface area contributed by atoms with Gasteiger partial charge in [0, 0.05) is 0 Å². The Morgan fingerprint density at radius 1 is 1.28 bits per heavy atom. The first-order chi connectivity index (χ1) is 8.69. The predicted molar refractivity (Wildman–Crippen MR) is 75.1 cm³/mol. The van der Waals surface area contributed by atoms with Crippen LogP contribution in [0.3, 0.4) is 0 Å². The minimum atomic E-state index is -0.283. The van der Waals surface area contributed by atoms with E-state index >= 15 is 0 Å². The van der Waals surface area contributed by atoms with E-state index in [2.05, 4.69) is 22.9 Å². The molecule has 0 aromatic heterocycles. The Labute approximate surface area is 117 Å². The van der Waals surface area contributed by atoms with Gasteiger partial charge in [-0.2, -0.15) is 0 Å². The number of hydrogen-bond donors (Lipinski definition) is 0. The summed E-state index contributed by atoms with van der Waals surface area (Å²) in [6, 6.07) is 5.17. The third-order valence-corrected chi connectivity index (χ3v) is 3.24. The van der Waals surface area contributed by atoms with Crippen LogP contribution in [0, 0.1) is 0 Å². The Morgan fingerprint density at radius 3 is 2.67 bits per heavy atom. The molecule has 4 heteroatoms. The van der Waals surface area contributed by atoms with Crippen LogP contribution in [0.25, 0.3) is 0 Å². The quantitative estimate of drug-likeness (QED) is 0.559. The van der Waals surface area contributed by atoms with Crippen molar-refractivity contribution in [3.8, 4) is 5.75 Å². The Morgan fingerprint density at radius 2 is 2.06 bits per heavy atom. The minimum Gasteiger partial charge on any atom is -0.496 e. The van der Waals surface area contributed by atoms with Gasteiger partial charge < -0.3 is 9.47 Å². The summed E-state index contributed by atoms with van der Waals surface area (Å²) in [4.78, 5) is 11.7. The second kappa shape index (κ2) is 8.14. The van der Waals surface area contributed by atoms with E-state index in [0.29, 0.717) is 17.9 Å². The molecule has 0 atom stereocenters. The van der Waals surface area contributed by atoms with Crippen molar-refractivity contribution in [1.82, 2.24) is 0 Å². The Kier molecular flexibility index (Phi) is 6.80. The Hall–Kier alpha value is -1.03. The Bertz CT molecular complexity index is 391. The number of carbonyl (C=O) groups is 1. The van der Waals surface area contributed by atoms with Crippen LogP contribution in [0.5, 0.6) is 5.75 Å². The lowest BCUT2D eigenvalue weighted by molar-refractivity contribution is 0.0497. The molecule has 0 fully saturated rings. The molecule has 100 valence electrons. The maximum Gasteiger partial charge on any atom is 0.338 e. The highest BCUT2D eigenvalue weighted by Crippen LogP contribution is 2.25. The zero-order valence-electron chi connectivity index (χ0n) is 10.9. The molecule has 3 nitrogen and oxygen atoms in total. The summed E-state index contributed by atoms with van der Waals surface area (Å²) in [7, 11) is 1.59. The molecule has 0 aliphatic carbocycles. The molecule has 1 rings (SSSR count). The minimum absolute atomic E-state index is 0.283. The van der Waals surface area contributed by atoms with E-state index in [9.17, 15) is 4.79 Å². The zero-order valence-corrected chi connectivity index (χ0v) is 12.5. The third-order valence-electron chi connectivity index (χ3n) is 2.62. The van der Waals surface area contributed by atoms with Crippen molar-refractivity contribution in [3.63, 3.8) is 0 Å². The van der Waals surface area contributed by atoms with Crippen molar-refractivity contribution < 1.29 is 14.3 Å². The van der Waals surface area contributed by atoms with Gasteiger partial charge >= 0.3 is 5.97 Å². The molecule has 1 aromatic rings. The second-order valence-corrected chi connectivity index (χ2v) is 4.90. The molecule has 0 bridgehead atoms. The van der Waals surface area contributed by atoms with Gasteiger partial charge in [-0.25, -0.2) is 4.79 Å². The summed E-state index contributed by atoms with van der Waals surface area (Å²) < 4.78 is 11.1. The number of carbonyl (C=O) groups excluding carboxylic acids is 1. The molecule has 0 N–H and O–H groups in total. The fraction of sp³-hybridized carbons (Fsp3) is 0.500. The van der Waals surface area contributed by atoms with Gasteiger partial charge in [-0.1, -0.05) is 26.2 Å². The summed E-state index contributed by atoms with van der Waals surface area (Å²) >= 11 is 3.35. The molecule has 0 saturated carbocycles. The van der Waals surface area contributed by atoms with Crippen molar-refractivity contribution >= 4 is 21.9 Å². The SMILES string of the molecule is CCCCCCOC(=O)c1ccc(OC)c(Br)c1. The van der Waals surface area contributed by atoms with Crippen LogP contribution in [0.15, 0.2) is 22.7 Å². The average molecular weight is 315 g/mol. The maximum atomic E-state index is 11.7. The topological polar surface area (TPSA) is 35.5 Å². The molecule has 0 unspecified atom stereocenters. The largest absolute Gasteiger partial charge is 0.496 e. The van der Waals surface area contributed by atoms with E-state index < -0.39 is 0 Å². The lowest BCUT2D eigenvalue weighted by atomic mass is 10.2. The van der Waals surface area contributed by atoms with Crippen LogP contribution in [-0.4, -0.2) is 19.7 Å². The first-order valence-corrected chi connectivity index (χ1v) is 6.99. The molecule has 1 aromatic carbocycles. The number of hydrogen-bond acceptors (Lipinski definition) is 3. The van der Waals surface area contributed by atoms with Crippen molar-refractivity contribution in [2.24, 2.45) is 0 Å². The van der Waals surface area contributed by atoms with E-state index in [1.165, 1.54) is 12.8 Å². The Balaban J connectivity index is 2.44. The second-order valence-electron chi connectivity index (χ2n) is 4.05.